The van der Waals surface area contributed by atoms with E-state index in [0.717, 1.165) is 25.9 Å². The van der Waals surface area contributed by atoms with E-state index in [9.17, 15) is 4.79 Å². The van der Waals surface area contributed by atoms with Gasteiger partial charge in [0.25, 0.3) is 5.91 Å². The number of likely N-dealkylation sites (N-methyl/N-ethyl adjacent to an activating group) is 1. The number of rotatable bonds is 9. The third-order valence-corrected chi connectivity index (χ3v) is 3.20. The molecule has 0 aromatic rings. The molecular formula is C14H26ClNO. The van der Waals surface area contributed by atoms with Gasteiger partial charge in [0.15, 0.2) is 0 Å². The van der Waals surface area contributed by atoms with E-state index in [4.69, 9.17) is 11.6 Å². The van der Waals surface area contributed by atoms with E-state index >= 15 is 0 Å². The summed E-state index contributed by atoms with van der Waals surface area (Å²) in [6.07, 6.45) is 8.98. The van der Waals surface area contributed by atoms with E-state index < -0.39 is 0 Å². The maximum absolute atomic E-state index is 11.8. The van der Waals surface area contributed by atoms with Crippen molar-refractivity contribution in [1.82, 2.24) is 4.90 Å². The number of hydrogen-bond donors (Lipinski definition) is 0. The second-order valence-electron chi connectivity index (χ2n) is 4.23. The van der Waals surface area contributed by atoms with Crippen molar-refractivity contribution in [3.63, 3.8) is 0 Å². The summed E-state index contributed by atoms with van der Waals surface area (Å²) in [7, 11) is 0. The first-order chi connectivity index (χ1) is 8.17. The average molecular weight is 260 g/mol. The third-order valence-electron chi connectivity index (χ3n) is 2.89. The molecule has 17 heavy (non-hydrogen) atoms. The lowest BCUT2D eigenvalue weighted by atomic mass is 10.1. The molecule has 0 radical (unpaired) electrons. The second kappa shape index (κ2) is 10.6. The molecule has 0 spiro atoms. The number of nitrogens with zero attached hydrogens (tertiary/aromatic N) is 1. The Morgan fingerprint density at radius 3 is 2.18 bits per heavy atom. The van der Waals surface area contributed by atoms with E-state index in [2.05, 4.69) is 6.92 Å². The quantitative estimate of drug-likeness (QED) is 0.446. The smallest absolute Gasteiger partial charge is 0.264 e. The molecule has 0 aromatic heterocycles. The molecule has 0 aromatic carbocycles. The zero-order valence-electron chi connectivity index (χ0n) is 11.5. The second-order valence-corrected chi connectivity index (χ2v) is 4.64. The lowest BCUT2D eigenvalue weighted by Gasteiger charge is -2.17. The van der Waals surface area contributed by atoms with Crippen molar-refractivity contribution in [2.75, 3.05) is 13.1 Å². The van der Waals surface area contributed by atoms with Crippen LogP contribution in [0.5, 0.6) is 0 Å². The Bertz CT molecular complexity index is 234. The van der Waals surface area contributed by atoms with E-state index in [1.54, 1.807) is 4.90 Å². The first kappa shape index (κ1) is 16.5. The number of amides is 1. The predicted molar refractivity (Wildman–Crippen MR) is 75.2 cm³/mol. The molecule has 0 bridgehead atoms. The minimum atomic E-state index is -0.0368. The molecule has 2 nitrogen and oxygen atoms in total. The van der Waals surface area contributed by atoms with Crippen LogP contribution in [-0.2, 0) is 4.79 Å². The molecule has 100 valence electrons. The zero-order valence-corrected chi connectivity index (χ0v) is 12.2. The lowest BCUT2D eigenvalue weighted by molar-refractivity contribution is -0.126. The summed E-state index contributed by atoms with van der Waals surface area (Å²) in [6.45, 7) is 7.58. The SMILES string of the molecule is CCCCCCC/C=C(\Cl)C(=O)N(CC)CC. The van der Waals surface area contributed by atoms with Crippen LogP contribution in [0.4, 0.5) is 0 Å². The lowest BCUT2D eigenvalue weighted by Crippen LogP contribution is -2.30. The first-order valence-electron chi connectivity index (χ1n) is 6.82. The van der Waals surface area contributed by atoms with Crippen molar-refractivity contribution in [2.24, 2.45) is 0 Å². The number of unbranched alkanes of at least 4 members (excludes halogenated alkanes) is 5. The van der Waals surface area contributed by atoms with Crippen molar-refractivity contribution >= 4 is 17.5 Å². The Morgan fingerprint density at radius 1 is 1.06 bits per heavy atom. The summed E-state index contributed by atoms with van der Waals surface area (Å²) in [4.78, 5) is 13.5. The van der Waals surface area contributed by atoms with Crippen LogP contribution in [0.2, 0.25) is 0 Å². The fourth-order valence-electron chi connectivity index (χ4n) is 1.73. The van der Waals surface area contributed by atoms with Crippen LogP contribution in [-0.4, -0.2) is 23.9 Å². The maximum Gasteiger partial charge on any atom is 0.264 e. The molecule has 0 aliphatic heterocycles. The molecule has 0 aliphatic rings. The maximum atomic E-state index is 11.8. The molecule has 0 unspecified atom stereocenters. The molecule has 0 heterocycles. The molecule has 3 heteroatoms. The fraction of sp³-hybridized carbons (Fsp3) is 0.786. The minimum Gasteiger partial charge on any atom is -0.338 e. The van der Waals surface area contributed by atoms with E-state index in [0.29, 0.717) is 5.03 Å². The Balaban J connectivity index is 3.87. The monoisotopic (exact) mass is 259 g/mol. The topological polar surface area (TPSA) is 20.3 Å². The average Bonchev–Trinajstić information content (AvgIpc) is 2.34. The van der Waals surface area contributed by atoms with Crippen LogP contribution in [0.1, 0.15) is 59.3 Å². The van der Waals surface area contributed by atoms with Crippen LogP contribution in [0.25, 0.3) is 0 Å². The highest BCUT2D eigenvalue weighted by atomic mass is 35.5. The molecule has 0 rings (SSSR count). The van der Waals surface area contributed by atoms with Crippen molar-refractivity contribution in [1.29, 1.82) is 0 Å². The first-order valence-corrected chi connectivity index (χ1v) is 7.20. The Morgan fingerprint density at radius 2 is 1.65 bits per heavy atom. The van der Waals surface area contributed by atoms with Gasteiger partial charge in [-0.1, -0.05) is 50.3 Å². The standard InChI is InChI=1S/C14H26ClNO/c1-4-7-8-9-10-11-12-13(15)14(17)16(5-2)6-3/h12H,4-11H2,1-3H3/b13-12-. The summed E-state index contributed by atoms with van der Waals surface area (Å²) in [6, 6.07) is 0. The van der Waals surface area contributed by atoms with Gasteiger partial charge in [-0.25, -0.2) is 0 Å². The van der Waals surface area contributed by atoms with Gasteiger partial charge in [0, 0.05) is 13.1 Å². The van der Waals surface area contributed by atoms with Crippen molar-refractivity contribution in [3.8, 4) is 0 Å². The number of halogens is 1. The summed E-state index contributed by atoms with van der Waals surface area (Å²) in [5, 5.41) is 0.379. The zero-order chi connectivity index (χ0) is 13.1. The van der Waals surface area contributed by atoms with Crippen molar-refractivity contribution in [2.45, 2.75) is 59.3 Å². The van der Waals surface area contributed by atoms with Gasteiger partial charge in [0.05, 0.1) is 0 Å². The van der Waals surface area contributed by atoms with Crippen LogP contribution < -0.4 is 0 Å². The molecule has 0 aliphatic carbocycles. The van der Waals surface area contributed by atoms with Gasteiger partial charge in [-0.05, 0) is 26.7 Å². The molecule has 0 fully saturated rings. The Kier molecular flexibility index (Phi) is 10.3. The van der Waals surface area contributed by atoms with Gasteiger partial charge in [-0.15, -0.1) is 0 Å². The predicted octanol–water partition coefficient (Wildman–Crippen LogP) is 4.34. The van der Waals surface area contributed by atoms with Crippen molar-refractivity contribution < 1.29 is 4.79 Å². The highest BCUT2D eigenvalue weighted by Crippen LogP contribution is 2.11. The van der Waals surface area contributed by atoms with Gasteiger partial charge in [0.2, 0.25) is 0 Å². The molecule has 0 saturated heterocycles. The summed E-state index contributed by atoms with van der Waals surface area (Å²) in [5.74, 6) is -0.0368. The van der Waals surface area contributed by atoms with E-state index in [1.165, 1.54) is 25.7 Å². The van der Waals surface area contributed by atoms with Crippen LogP contribution in [0.3, 0.4) is 0 Å². The van der Waals surface area contributed by atoms with Gasteiger partial charge in [-0.3, -0.25) is 4.79 Å². The Labute approximate surface area is 111 Å². The summed E-state index contributed by atoms with van der Waals surface area (Å²) >= 11 is 5.99. The highest BCUT2D eigenvalue weighted by Gasteiger charge is 2.12. The van der Waals surface area contributed by atoms with Crippen LogP contribution in [0, 0.1) is 0 Å². The van der Waals surface area contributed by atoms with Crippen LogP contribution in [0.15, 0.2) is 11.1 Å². The largest absolute Gasteiger partial charge is 0.338 e. The van der Waals surface area contributed by atoms with E-state index in [1.807, 2.05) is 19.9 Å². The number of carbonyl (C=O) groups excluding carboxylic acids is 1. The van der Waals surface area contributed by atoms with Gasteiger partial charge < -0.3 is 4.90 Å². The molecular weight excluding hydrogens is 234 g/mol. The fourth-order valence-corrected chi connectivity index (χ4v) is 1.95. The third kappa shape index (κ3) is 7.43. The van der Waals surface area contributed by atoms with Gasteiger partial charge in [0.1, 0.15) is 5.03 Å². The van der Waals surface area contributed by atoms with Gasteiger partial charge >= 0.3 is 0 Å². The molecule has 0 saturated carbocycles. The van der Waals surface area contributed by atoms with Crippen molar-refractivity contribution in [3.05, 3.63) is 11.1 Å². The number of allylic oxidation sites excluding steroid dienone is 1. The number of carbonyl (C=O) groups is 1. The van der Waals surface area contributed by atoms with E-state index in [-0.39, 0.29) is 5.91 Å². The summed E-state index contributed by atoms with van der Waals surface area (Å²) in [5.41, 5.74) is 0. The number of hydrogen-bond acceptors (Lipinski definition) is 1. The molecule has 0 N–H and O–H groups in total. The highest BCUT2D eigenvalue weighted by molar-refractivity contribution is 6.42. The minimum absolute atomic E-state index is 0.0368. The summed E-state index contributed by atoms with van der Waals surface area (Å²) < 4.78 is 0. The normalized spacial score (nSPS) is 11.6. The Hall–Kier alpha value is -0.500. The molecule has 0 atom stereocenters. The molecule has 1 amide bonds. The van der Waals surface area contributed by atoms with Crippen LogP contribution >= 0.6 is 11.6 Å². The van der Waals surface area contributed by atoms with Gasteiger partial charge in [-0.2, -0.15) is 0 Å².